The Morgan fingerprint density at radius 3 is 2.21 bits per heavy atom. The van der Waals surface area contributed by atoms with E-state index in [1.165, 1.54) is 19.3 Å². The summed E-state index contributed by atoms with van der Waals surface area (Å²) in [6.45, 7) is 8.39. The van der Waals surface area contributed by atoms with Crippen LogP contribution in [0.25, 0.3) is 0 Å². The molecule has 0 radical (unpaired) electrons. The van der Waals surface area contributed by atoms with Crippen LogP contribution in [0.15, 0.2) is 0 Å². The molecule has 84 valence electrons. The Labute approximate surface area is 88.1 Å². The molecule has 0 spiro atoms. The van der Waals surface area contributed by atoms with Crippen LogP contribution in [0.5, 0.6) is 0 Å². The van der Waals surface area contributed by atoms with E-state index in [-0.39, 0.29) is 0 Å². The Balaban J connectivity index is 2.22. The number of aliphatic hydroxyl groups is 1. The average molecular weight is 199 g/mol. The average Bonchev–Trinajstić information content (AvgIpc) is 2.02. The number of hydrogen-bond acceptors (Lipinski definition) is 2. The first kappa shape index (κ1) is 12.0. The molecule has 0 aromatic rings. The maximum absolute atomic E-state index is 10.2. The molecule has 1 fully saturated rings. The van der Waals surface area contributed by atoms with E-state index in [9.17, 15) is 5.11 Å². The van der Waals surface area contributed by atoms with Crippen molar-refractivity contribution in [1.29, 1.82) is 0 Å². The lowest BCUT2D eigenvalue weighted by Gasteiger charge is -2.33. The second kappa shape index (κ2) is 4.63. The predicted molar refractivity (Wildman–Crippen MR) is 60.4 cm³/mol. The fraction of sp³-hybridized carbons (Fsp3) is 1.00. The summed E-state index contributed by atoms with van der Waals surface area (Å²) >= 11 is 0. The van der Waals surface area contributed by atoms with Gasteiger partial charge in [-0.05, 0) is 18.3 Å². The maximum Gasteiger partial charge on any atom is 0.0771 e. The zero-order valence-corrected chi connectivity index (χ0v) is 9.90. The van der Waals surface area contributed by atoms with Gasteiger partial charge in [-0.1, -0.05) is 40.0 Å². The normalized spacial score (nSPS) is 22.3. The molecule has 0 unspecified atom stereocenters. The molecule has 1 saturated carbocycles. The standard InChI is InChI=1S/C12H25NO/c1-11(2,3)9-13-10-12(14)7-5-4-6-8-12/h13-14H,4-10H2,1-3H3. The minimum atomic E-state index is -0.413. The van der Waals surface area contributed by atoms with Gasteiger partial charge in [-0.25, -0.2) is 0 Å². The van der Waals surface area contributed by atoms with E-state index in [1.807, 2.05) is 0 Å². The summed E-state index contributed by atoms with van der Waals surface area (Å²) in [7, 11) is 0. The van der Waals surface area contributed by atoms with E-state index in [0.717, 1.165) is 25.9 Å². The van der Waals surface area contributed by atoms with Gasteiger partial charge in [0.1, 0.15) is 0 Å². The Bertz CT molecular complexity index is 166. The molecule has 2 N–H and O–H groups in total. The first-order chi connectivity index (χ1) is 6.41. The van der Waals surface area contributed by atoms with Crippen LogP contribution in [0.4, 0.5) is 0 Å². The van der Waals surface area contributed by atoms with Crippen molar-refractivity contribution < 1.29 is 5.11 Å². The van der Waals surface area contributed by atoms with Crippen LogP contribution in [0, 0.1) is 5.41 Å². The molecule has 0 aromatic heterocycles. The van der Waals surface area contributed by atoms with Crippen molar-refractivity contribution in [1.82, 2.24) is 5.32 Å². The van der Waals surface area contributed by atoms with Gasteiger partial charge in [0.05, 0.1) is 5.60 Å². The summed E-state index contributed by atoms with van der Waals surface area (Å²) in [4.78, 5) is 0. The topological polar surface area (TPSA) is 32.3 Å². The molecule has 0 bridgehead atoms. The third-order valence-electron chi connectivity index (χ3n) is 2.89. The van der Waals surface area contributed by atoms with Gasteiger partial charge >= 0.3 is 0 Å². The van der Waals surface area contributed by atoms with Gasteiger partial charge < -0.3 is 10.4 Å². The molecule has 0 saturated heterocycles. The minimum Gasteiger partial charge on any atom is -0.389 e. The summed E-state index contributed by atoms with van der Waals surface area (Å²) in [5.74, 6) is 0. The van der Waals surface area contributed by atoms with Crippen LogP contribution in [0.3, 0.4) is 0 Å². The molecule has 0 aromatic carbocycles. The zero-order valence-electron chi connectivity index (χ0n) is 9.90. The third-order valence-corrected chi connectivity index (χ3v) is 2.89. The Kier molecular flexibility index (Phi) is 3.96. The maximum atomic E-state index is 10.2. The highest BCUT2D eigenvalue weighted by molar-refractivity contribution is 4.84. The van der Waals surface area contributed by atoms with Gasteiger partial charge in [0.25, 0.3) is 0 Å². The smallest absolute Gasteiger partial charge is 0.0771 e. The zero-order chi connectivity index (χ0) is 10.7. The summed E-state index contributed by atoms with van der Waals surface area (Å²) < 4.78 is 0. The predicted octanol–water partition coefficient (Wildman–Crippen LogP) is 2.32. The summed E-state index contributed by atoms with van der Waals surface area (Å²) in [6.07, 6.45) is 5.62. The van der Waals surface area contributed by atoms with Crippen molar-refractivity contribution in [2.75, 3.05) is 13.1 Å². The van der Waals surface area contributed by atoms with E-state index in [2.05, 4.69) is 26.1 Å². The summed E-state index contributed by atoms with van der Waals surface area (Å²) in [5, 5.41) is 13.6. The monoisotopic (exact) mass is 199 g/mol. The van der Waals surface area contributed by atoms with E-state index in [0.29, 0.717) is 5.41 Å². The van der Waals surface area contributed by atoms with Crippen molar-refractivity contribution in [2.24, 2.45) is 5.41 Å². The first-order valence-electron chi connectivity index (χ1n) is 5.84. The van der Waals surface area contributed by atoms with Gasteiger partial charge in [-0.2, -0.15) is 0 Å². The Morgan fingerprint density at radius 2 is 1.71 bits per heavy atom. The molecule has 0 aliphatic heterocycles. The second-order valence-electron chi connectivity index (χ2n) is 5.95. The number of rotatable bonds is 3. The first-order valence-corrected chi connectivity index (χ1v) is 5.84. The third kappa shape index (κ3) is 4.43. The molecule has 1 rings (SSSR count). The Hall–Kier alpha value is -0.0800. The van der Waals surface area contributed by atoms with E-state index in [1.54, 1.807) is 0 Å². The lowest BCUT2D eigenvalue weighted by Crippen LogP contribution is -2.44. The van der Waals surface area contributed by atoms with Crippen LogP contribution >= 0.6 is 0 Å². The van der Waals surface area contributed by atoms with E-state index < -0.39 is 5.60 Å². The molecular weight excluding hydrogens is 174 g/mol. The second-order valence-corrected chi connectivity index (χ2v) is 5.95. The lowest BCUT2D eigenvalue weighted by atomic mass is 9.84. The fourth-order valence-corrected chi connectivity index (χ4v) is 2.06. The van der Waals surface area contributed by atoms with E-state index >= 15 is 0 Å². The minimum absolute atomic E-state index is 0.311. The van der Waals surface area contributed by atoms with Crippen molar-refractivity contribution in [2.45, 2.75) is 58.5 Å². The SMILES string of the molecule is CC(C)(C)CNCC1(O)CCCCC1. The molecule has 0 amide bonds. The summed E-state index contributed by atoms with van der Waals surface area (Å²) in [6, 6.07) is 0. The van der Waals surface area contributed by atoms with E-state index in [4.69, 9.17) is 0 Å². The summed E-state index contributed by atoms with van der Waals surface area (Å²) in [5.41, 5.74) is -0.103. The number of hydrogen-bond donors (Lipinski definition) is 2. The van der Waals surface area contributed by atoms with Gasteiger partial charge in [-0.3, -0.25) is 0 Å². The Morgan fingerprint density at radius 1 is 1.14 bits per heavy atom. The van der Waals surface area contributed by atoms with Crippen molar-refractivity contribution in [3.05, 3.63) is 0 Å². The molecule has 14 heavy (non-hydrogen) atoms. The fourth-order valence-electron chi connectivity index (χ4n) is 2.06. The molecule has 1 aliphatic rings. The molecule has 1 aliphatic carbocycles. The highest BCUT2D eigenvalue weighted by atomic mass is 16.3. The van der Waals surface area contributed by atoms with Gasteiger partial charge in [0, 0.05) is 13.1 Å². The highest BCUT2D eigenvalue weighted by Gasteiger charge is 2.28. The molecule has 2 heteroatoms. The molecule has 0 atom stereocenters. The van der Waals surface area contributed by atoms with Crippen LogP contribution in [0.2, 0.25) is 0 Å². The lowest BCUT2D eigenvalue weighted by molar-refractivity contribution is 0.00359. The van der Waals surface area contributed by atoms with Crippen LogP contribution in [-0.2, 0) is 0 Å². The largest absolute Gasteiger partial charge is 0.389 e. The molecular formula is C12H25NO. The number of nitrogens with one attached hydrogen (secondary N) is 1. The quantitative estimate of drug-likeness (QED) is 0.731. The van der Waals surface area contributed by atoms with Crippen molar-refractivity contribution >= 4 is 0 Å². The van der Waals surface area contributed by atoms with Crippen molar-refractivity contribution in [3.8, 4) is 0 Å². The van der Waals surface area contributed by atoms with Crippen LogP contribution in [-0.4, -0.2) is 23.8 Å². The highest BCUT2D eigenvalue weighted by Crippen LogP contribution is 2.27. The van der Waals surface area contributed by atoms with Gasteiger partial charge in [0.15, 0.2) is 0 Å². The van der Waals surface area contributed by atoms with Crippen molar-refractivity contribution in [3.63, 3.8) is 0 Å². The van der Waals surface area contributed by atoms with Crippen LogP contribution in [0.1, 0.15) is 52.9 Å². The van der Waals surface area contributed by atoms with Crippen LogP contribution < -0.4 is 5.32 Å². The molecule has 0 heterocycles. The van der Waals surface area contributed by atoms with Gasteiger partial charge in [-0.15, -0.1) is 0 Å². The molecule has 2 nitrogen and oxygen atoms in total. The van der Waals surface area contributed by atoms with Gasteiger partial charge in [0.2, 0.25) is 0 Å².